The SMILES string of the molecule is CC1(OCC(=O)N2CCc3sccc3C2C(=O)O)CNC1. The molecule has 1 saturated heterocycles. The Bertz CT molecular complexity index is 567. The molecule has 114 valence electrons. The van der Waals surface area contributed by atoms with E-state index in [0.29, 0.717) is 13.0 Å². The Balaban J connectivity index is 1.71. The number of carbonyl (C=O) groups is 2. The summed E-state index contributed by atoms with van der Waals surface area (Å²) in [5.41, 5.74) is 0.432. The van der Waals surface area contributed by atoms with Crippen molar-refractivity contribution in [3.05, 3.63) is 21.9 Å². The Morgan fingerprint density at radius 2 is 2.33 bits per heavy atom. The zero-order valence-electron chi connectivity index (χ0n) is 11.8. The molecule has 0 saturated carbocycles. The number of nitrogens with one attached hydrogen (secondary N) is 1. The van der Waals surface area contributed by atoms with E-state index in [9.17, 15) is 14.7 Å². The van der Waals surface area contributed by atoms with Crippen molar-refractivity contribution in [3.63, 3.8) is 0 Å². The molecule has 1 aromatic rings. The second-order valence-electron chi connectivity index (χ2n) is 5.72. The molecule has 21 heavy (non-hydrogen) atoms. The topological polar surface area (TPSA) is 78.9 Å². The third kappa shape index (κ3) is 2.68. The van der Waals surface area contributed by atoms with Gasteiger partial charge in [-0.25, -0.2) is 4.79 Å². The molecule has 3 rings (SSSR count). The van der Waals surface area contributed by atoms with Gasteiger partial charge in [0.15, 0.2) is 6.04 Å². The van der Waals surface area contributed by atoms with Crippen molar-refractivity contribution in [2.45, 2.75) is 25.0 Å². The van der Waals surface area contributed by atoms with Crippen molar-refractivity contribution in [2.75, 3.05) is 26.2 Å². The first-order chi connectivity index (χ1) is 10.0. The van der Waals surface area contributed by atoms with Crippen LogP contribution in [0.25, 0.3) is 0 Å². The normalized spacial score (nSPS) is 23.3. The van der Waals surface area contributed by atoms with Crippen molar-refractivity contribution in [3.8, 4) is 0 Å². The summed E-state index contributed by atoms with van der Waals surface area (Å²) in [5, 5.41) is 14.4. The minimum Gasteiger partial charge on any atom is -0.479 e. The number of hydrogen-bond acceptors (Lipinski definition) is 5. The van der Waals surface area contributed by atoms with Crippen LogP contribution in [0.3, 0.4) is 0 Å². The number of hydrogen-bond donors (Lipinski definition) is 2. The quantitative estimate of drug-likeness (QED) is 0.853. The second-order valence-corrected chi connectivity index (χ2v) is 6.72. The van der Waals surface area contributed by atoms with Crippen molar-refractivity contribution in [2.24, 2.45) is 0 Å². The Morgan fingerprint density at radius 1 is 1.57 bits per heavy atom. The molecule has 1 unspecified atom stereocenters. The largest absolute Gasteiger partial charge is 0.479 e. The van der Waals surface area contributed by atoms with E-state index in [1.54, 1.807) is 17.4 Å². The maximum atomic E-state index is 12.4. The van der Waals surface area contributed by atoms with E-state index in [1.807, 2.05) is 12.3 Å². The number of amides is 1. The molecule has 3 heterocycles. The molecule has 0 spiro atoms. The highest BCUT2D eigenvalue weighted by atomic mass is 32.1. The molecule has 1 atom stereocenters. The molecule has 1 fully saturated rings. The van der Waals surface area contributed by atoms with Gasteiger partial charge in [0.05, 0.1) is 5.60 Å². The molecule has 0 aliphatic carbocycles. The van der Waals surface area contributed by atoms with Gasteiger partial charge < -0.3 is 20.1 Å². The van der Waals surface area contributed by atoms with E-state index >= 15 is 0 Å². The molecule has 2 aliphatic heterocycles. The number of carboxylic acids is 1. The van der Waals surface area contributed by atoms with E-state index in [-0.39, 0.29) is 18.1 Å². The molecule has 0 bridgehead atoms. The molecule has 2 N–H and O–H groups in total. The predicted octanol–water partition coefficient (Wildman–Crippen LogP) is 0.637. The van der Waals surface area contributed by atoms with Gasteiger partial charge in [-0.1, -0.05) is 0 Å². The van der Waals surface area contributed by atoms with Crippen LogP contribution in [-0.4, -0.2) is 53.7 Å². The van der Waals surface area contributed by atoms with Gasteiger partial charge >= 0.3 is 5.97 Å². The first-order valence-corrected chi connectivity index (χ1v) is 7.81. The Kier molecular flexibility index (Phi) is 3.73. The monoisotopic (exact) mass is 310 g/mol. The minimum absolute atomic E-state index is 0.0680. The zero-order valence-corrected chi connectivity index (χ0v) is 12.6. The van der Waals surface area contributed by atoms with Crippen LogP contribution < -0.4 is 5.32 Å². The van der Waals surface area contributed by atoms with Gasteiger partial charge in [-0.3, -0.25) is 4.79 Å². The lowest BCUT2D eigenvalue weighted by Gasteiger charge is -2.40. The van der Waals surface area contributed by atoms with Gasteiger partial charge in [0, 0.05) is 24.5 Å². The Hall–Kier alpha value is -1.44. The van der Waals surface area contributed by atoms with Crippen LogP contribution in [0.15, 0.2) is 11.4 Å². The average molecular weight is 310 g/mol. The lowest BCUT2D eigenvalue weighted by Crippen LogP contribution is -2.60. The van der Waals surface area contributed by atoms with Crippen LogP contribution >= 0.6 is 11.3 Å². The maximum Gasteiger partial charge on any atom is 0.331 e. The third-order valence-corrected chi connectivity index (χ3v) is 5.06. The number of fused-ring (bicyclic) bond motifs is 1. The summed E-state index contributed by atoms with van der Waals surface area (Å²) < 4.78 is 5.63. The summed E-state index contributed by atoms with van der Waals surface area (Å²) in [4.78, 5) is 26.4. The summed E-state index contributed by atoms with van der Waals surface area (Å²) >= 11 is 1.55. The highest BCUT2D eigenvalue weighted by Crippen LogP contribution is 2.33. The van der Waals surface area contributed by atoms with Gasteiger partial charge in [-0.05, 0) is 30.4 Å². The van der Waals surface area contributed by atoms with Gasteiger partial charge in [0.1, 0.15) is 6.61 Å². The average Bonchev–Trinajstić information content (AvgIpc) is 2.89. The Morgan fingerprint density at radius 3 is 2.95 bits per heavy atom. The molecule has 2 aliphatic rings. The summed E-state index contributed by atoms with van der Waals surface area (Å²) in [7, 11) is 0. The number of thiophene rings is 1. The summed E-state index contributed by atoms with van der Waals surface area (Å²) in [6, 6.07) is 0.916. The Labute approximate surface area is 126 Å². The van der Waals surface area contributed by atoms with E-state index < -0.39 is 12.0 Å². The fourth-order valence-corrected chi connectivity index (χ4v) is 3.65. The molecule has 6 nitrogen and oxygen atoms in total. The maximum absolute atomic E-state index is 12.4. The molecule has 1 aromatic heterocycles. The van der Waals surface area contributed by atoms with E-state index in [4.69, 9.17) is 4.74 Å². The van der Waals surface area contributed by atoms with Crippen LogP contribution in [-0.2, 0) is 20.7 Å². The van der Waals surface area contributed by atoms with Crippen LogP contribution in [0.1, 0.15) is 23.4 Å². The lowest BCUT2D eigenvalue weighted by molar-refractivity contribution is -0.157. The van der Waals surface area contributed by atoms with Crippen LogP contribution in [0.4, 0.5) is 0 Å². The summed E-state index contributed by atoms with van der Waals surface area (Å²) in [6.45, 7) is 3.75. The van der Waals surface area contributed by atoms with E-state index in [1.165, 1.54) is 4.90 Å². The first kappa shape index (κ1) is 14.5. The van der Waals surface area contributed by atoms with Crippen LogP contribution in [0, 0.1) is 0 Å². The van der Waals surface area contributed by atoms with E-state index in [0.717, 1.165) is 23.5 Å². The highest BCUT2D eigenvalue weighted by Gasteiger charge is 2.38. The first-order valence-electron chi connectivity index (χ1n) is 6.93. The molecule has 0 aromatic carbocycles. The number of carboxylic acid groups (broad SMARTS) is 1. The number of nitrogens with zero attached hydrogens (tertiary/aromatic N) is 1. The van der Waals surface area contributed by atoms with Crippen LogP contribution in [0.5, 0.6) is 0 Å². The minimum atomic E-state index is -0.987. The molecule has 0 radical (unpaired) electrons. The number of carbonyl (C=O) groups excluding carboxylic acids is 1. The predicted molar refractivity (Wildman–Crippen MR) is 77.3 cm³/mol. The third-order valence-electron chi connectivity index (χ3n) is 4.06. The smallest absolute Gasteiger partial charge is 0.331 e. The second kappa shape index (κ2) is 5.40. The molecule has 1 amide bonds. The fourth-order valence-electron chi connectivity index (χ4n) is 2.75. The van der Waals surface area contributed by atoms with Gasteiger partial charge in [-0.15, -0.1) is 11.3 Å². The molecular formula is C14H18N2O4S. The van der Waals surface area contributed by atoms with Crippen molar-refractivity contribution >= 4 is 23.2 Å². The number of aliphatic carboxylic acids is 1. The number of rotatable bonds is 4. The van der Waals surface area contributed by atoms with Crippen molar-refractivity contribution < 1.29 is 19.4 Å². The highest BCUT2D eigenvalue weighted by molar-refractivity contribution is 7.10. The van der Waals surface area contributed by atoms with Gasteiger partial charge in [0.2, 0.25) is 5.91 Å². The van der Waals surface area contributed by atoms with Crippen molar-refractivity contribution in [1.29, 1.82) is 0 Å². The fraction of sp³-hybridized carbons (Fsp3) is 0.571. The lowest BCUT2D eigenvalue weighted by atomic mass is 9.99. The van der Waals surface area contributed by atoms with Crippen LogP contribution in [0.2, 0.25) is 0 Å². The van der Waals surface area contributed by atoms with Crippen molar-refractivity contribution in [1.82, 2.24) is 10.2 Å². The summed E-state index contributed by atoms with van der Waals surface area (Å²) in [5.74, 6) is -1.24. The van der Waals surface area contributed by atoms with Gasteiger partial charge in [0.25, 0.3) is 0 Å². The standard InChI is InChI=1S/C14H18N2O4S/c1-14(7-15-8-14)20-6-11(17)16-4-2-10-9(3-5-21-10)12(16)13(18)19/h3,5,12,15H,2,4,6-8H2,1H3,(H,18,19). The summed E-state index contributed by atoms with van der Waals surface area (Å²) in [6.07, 6.45) is 0.710. The van der Waals surface area contributed by atoms with Gasteiger partial charge in [-0.2, -0.15) is 0 Å². The molecular weight excluding hydrogens is 292 g/mol. The van der Waals surface area contributed by atoms with E-state index in [2.05, 4.69) is 5.32 Å². The number of ether oxygens (including phenoxy) is 1. The zero-order chi connectivity index (χ0) is 15.0. The molecule has 7 heteroatoms.